The van der Waals surface area contributed by atoms with Gasteiger partial charge in [0.1, 0.15) is 0 Å². The zero-order valence-electron chi connectivity index (χ0n) is 11.0. The number of aromatic nitrogens is 1. The van der Waals surface area contributed by atoms with Crippen molar-refractivity contribution in [3.05, 3.63) is 63.2 Å². The van der Waals surface area contributed by atoms with Gasteiger partial charge in [-0.3, -0.25) is 0 Å². The van der Waals surface area contributed by atoms with E-state index >= 15 is 0 Å². The van der Waals surface area contributed by atoms with Gasteiger partial charge in [0.05, 0.1) is 17.3 Å². The van der Waals surface area contributed by atoms with Crippen molar-refractivity contribution >= 4 is 44.1 Å². The van der Waals surface area contributed by atoms with Crippen LogP contribution in [0, 0.1) is 6.92 Å². The maximum atomic E-state index is 6.41. The van der Waals surface area contributed by atoms with E-state index in [0.717, 1.165) is 31.8 Å². The minimum atomic E-state index is 0.671. The van der Waals surface area contributed by atoms with Gasteiger partial charge in [0, 0.05) is 21.1 Å². The van der Waals surface area contributed by atoms with Crippen molar-refractivity contribution in [1.29, 1.82) is 0 Å². The van der Waals surface area contributed by atoms with Gasteiger partial charge in [-0.1, -0.05) is 51.8 Å². The molecule has 0 aliphatic heterocycles. The maximum absolute atomic E-state index is 6.41. The molecule has 0 aliphatic rings. The quantitative estimate of drug-likeness (QED) is 0.641. The molecular weight excluding hydrogens is 336 g/mol. The van der Waals surface area contributed by atoms with Crippen LogP contribution in [0.1, 0.15) is 11.3 Å². The van der Waals surface area contributed by atoms with Gasteiger partial charge in [-0.05, 0) is 30.7 Å². The largest absolute Gasteiger partial charge is 0.379 e. The third-order valence-corrected chi connectivity index (χ3v) is 4.73. The van der Waals surface area contributed by atoms with Crippen molar-refractivity contribution in [2.24, 2.45) is 0 Å². The first-order valence-electron chi connectivity index (χ1n) is 6.41. The number of halogens is 2. The molecule has 2 nitrogen and oxygen atoms in total. The fourth-order valence-corrected chi connectivity index (χ4v) is 2.91. The summed E-state index contributed by atoms with van der Waals surface area (Å²) in [6, 6.07) is 14.2. The average Bonchev–Trinajstić information content (AvgIpc) is 2.78. The Bertz CT molecular complexity index is 764. The zero-order valence-corrected chi connectivity index (χ0v) is 13.3. The lowest BCUT2D eigenvalue weighted by Crippen LogP contribution is -2.02. The summed E-state index contributed by atoms with van der Waals surface area (Å²) in [7, 11) is 0. The number of para-hydroxylation sites is 1. The molecule has 3 rings (SSSR count). The van der Waals surface area contributed by atoms with E-state index in [1.807, 2.05) is 36.4 Å². The molecule has 0 atom stereocenters. The first-order chi connectivity index (χ1) is 9.66. The second-order valence-corrected chi connectivity index (χ2v) is 5.96. The number of hydrogen-bond acceptors (Lipinski definition) is 1. The molecular formula is C16H14BrClN2. The third kappa shape index (κ3) is 2.43. The average molecular weight is 350 g/mol. The second kappa shape index (κ2) is 5.51. The lowest BCUT2D eigenvalue weighted by atomic mass is 10.2. The molecule has 102 valence electrons. The number of rotatable bonds is 3. The standard InChI is InChI=1S/C16H14BrClN2/c1-10-12(17)6-4-8-13(10)19-9-15-16(18)11-5-2-3-7-14(11)20-15/h2-8,19-20H,9H2,1H3. The highest BCUT2D eigenvalue weighted by Gasteiger charge is 2.09. The molecule has 4 heteroatoms. The SMILES string of the molecule is Cc1c(Br)cccc1NCc1[nH]c2ccccc2c1Cl. The van der Waals surface area contributed by atoms with E-state index < -0.39 is 0 Å². The molecule has 3 aromatic rings. The Balaban J connectivity index is 1.87. The summed E-state index contributed by atoms with van der Waals surface area (Å²) < 4.78 is 1.10. The zero-order chi connectivity index (χ0) is 14.1. The molecule has 0 saturated carbocycles. The van der Waals surface area contributed by atoms with E-state index in [1.54, 1.807) is 0 Å². The first kappa shape index (κ1) is 13.5. The molecule has 0 aliphatic carbocycles. The van der Waals surface area contributed by atoms with Crippen LogP contribution in [0.5, 0.6) is 0 Å². The number of hydrogen-bond donors (Lipinski definition) is 2. The van der Waals surface area contributed by atoms with Crippen LogP contribution in [0.25, 0.3) is 10.9 Å². The molecule has 0 saturated heterocycles. The van der Waals surface area contributed by atoms with E-state index in [2.05, 4.69) is 39.2 Å². The highest BCUT2D eigenvalue weighted by molar-refractivity contribution is 9.10. The minimum Gasteiger partial charge on any atom is -0.379 e. The molecule has 0 spiro atoms. The molecule has 0 radical (unpaired) electrons. The summed E-state index contributed by atoms with van der Waals surface area (Å²) in [4.78, 5) is 3.36. The summed E-state index contributed by atoms with van der Waals surface area (Å²) in [5.41, 5.74) is 4.38. The van der Waals surface area contributed by atoms with Crippen molar-refractivity contribution in [1.82, 2.24) is 4.98 Å². The molecule has 0 bridgehead atoms. The highest BCUT2D eigenvalue weighted by atomic mass is 79.9. The van der Waals surface area contributed by atoms with Crippen LogP contribution in [0.3, 0.4) is 0 Å². The summed E-state index contributed by atoms with van der Waals surface area (Å²) in [5.74, 6) is 0. The molecule has 20 heavy (non-hydrogen) atoms. The molecule has 0 amide bonds. The van der Waals surface area contributed by atoms with Crippen molar-refractivity contribution in [3.63, 3.8) is 0 Å². The van der Waals surface area contributed by atoms with Crippen molar-refractivity contribution in [2.45, 2.75) is 13.5 Å². The minimum absolute atomic E-state index is 0.671. The van der Waals surface area contributed by atoms with Gasteiger partial charge in [-0.2, -0.15) is 0 Å². The van der Waals surface area contributed by atoms with Gasteiger partial charge in [-0.15, -0.1) is 0 Å². The summed E-state index contributed by atoms with van der Waals surface area (Å²) in [6.45, 7) is 2.75. The number of fused-ring (bicyclic) bond motifs is 1. The number of aromatic amines is 1. The van der Waals surface area contributed by atoms with Crippen LogP contribution >= 0.6 is 27.5 Å². The van der Waals surface area contributed by atoms with Gasteiger partial charge in [0.2, 0.25) is 0 Å². The van der Waals surface area contributed by atoms with Crippen LogP contribution in [0.15, 0.2) is 46.9 Å². The second-order valence-electron chi connectivity index (χ2n) is 4.73. The lowest BCUT2D eigenvalue weighted by molar-refractivity contribution is 1.08. The fourth-order valence-electron chi connectivity index (χ4n) is 2.27. The molecule has 0 fully saturated rings. The summed E-state index contributed by atoms with van der Waals surface area (Å²) in [6.07, 6.45) is 0. The van der Waals surface area contributed by atoms with Crippen LogP contribution < -0.4 is 5.32 Å². The Morgan fingerprint density at radius 1 is 1.15 bits per heavy atom. The van der Waals surface area contributed by atoms with Crippen molar-refractivity contribution in [3.8, 4) is 0 Å². The van der Waals surface area contributed by atoms with Gasteiger partial charge in [0.15, 0.2) is 0 Å². The fraction of sp³-hybridized carbons (Fsp3) is 0.125. The third-order valence-electron chi connectivity index (χ3n) is 3.44. The molecule has 1 heterocycles. The summed E-state index contributed by atoms with van der Waals surface area (Å²) >= 11 is 9.95. The predicted octanol–water partition coefficient (Wildman–Crippen LogP) is 5.50. The van der Waals surface area contributed by atoms with Crippen LogP contribution in [0.4, 0.5) is 5.69 Å². The topological polar surface area (TPSA) is 27.8 Å². The lowest BCUT2D eigenvalue weighted by Gasteiger charge is -2.10. The normalized spacial score (nSPS) is 10.9. The molecule has 1 aromatic heterocycles. The smallest absolute Gasteiger partial charge is 0.0710 e. The van der Waals surface area contributed by atoms with E-state index in [0.29, 0.717) is 6.54 Å². The van der Waals surface area contributed by atoms with Crippen molar-refractivity contribution < 1.29 is 0 Å². The summed E-state index contributed by atoms with van der Waals surface area (Å²) in [5, 5.41) is 5.29. The Hall–Kier alpha value is -1.45. The molecule has 2 N–H and O–H groups in total. The maximum Gasteiger partial charge on any atom is 0.0710 e. The van der Waals surface area contributed by atoms with Crippen LogP contribution in [-0.4, -0.2) is 4.98 Å². The number of H-pyrrole nitrogens is 1. The van der Waals surface area contributed by atoms with E-state index in [1.165, 1.54) is 5.56 Å². The van der Waals surface area contributed by atoms with E-state index in [-0.39, 0.29) is 0 Å². The van der Waals surface area contributed by atoms with Crippen LogP contribution in [-0.2, 0) is 6.54 Å². The monoisotopic (exact) mass is 348 g/mol. The number of nitrogens with one attached hydrogen (secondary N) is 2. The molecule has 0 unspecified atom stereocenters. The Labute approximate surface area is 131 Å². The number of benzene rings is 2. The Kier molecular flexibility index (Phi) is 3.72. The van der Waals surface area contributed by atoms with Gasteiger partial charge >= 0.3 is 0 Å². The first-order valence-corrected chi connectivity index (χ1v) is 7.58. The van der Waals surface area contributed by atoms with Gasteiger partial charge < -0.3 is 10.3 Å². The highest BCUT2D eigenvalue weighted by Crippen LogP contribution is 2.29. The van der Waals surface area contributed by atoms with Gasteiger partial charge in [-0.25, -0.2) is 0 Å². The van der Waals surface area contributed by atoms with Crippen LogP contribution in [0.2, 0.25) is 5.02 Å². The van der Waals surface area contributed by atoms with E-state index in [9.17, 15) is 0 Å². The van der Waals surface area contributed by atoms with E-state index in [4.69, 9.17) is 11.6 Å². The Morgan fingerprint density at radius 3 is 2.75 bits per heavy atom. The molecule has 2 aromatic carbocycles. The Morgan fingerprint density at radius 2 is 1.95 bits per heavy atom. The van der Waals surface area contributed by atoms with Gasteiger partial charge in [0.25, 0.3) is 0 Å². The number of anilines is 1. The predicted molar refractivity (Wildman–Crippen MR) is 89.5 cm³/mol. The van der Waals surface area contributed by atoms with Crippen molar-refractivity contribution in [2.75, 3.05) is 5.32 Å².